The molecular weight excluding hydrogens is 302 g/mol. The normalized spacial score (nSPS) is 15.5. The molecule has 0 aromatic carbocycles. The molecule has 0 aliphatic carbocycles. The number of piperidine rings is 1. The van der Waals surface area contributed by atoms with Crippen molar-refractivity contribution in [3.05, 3.63) is 35.1 Å². The second kappa shape index (κ2) is 6.34. The van der Waals surface area contributed by atoms with Crippen molar-refractivity contribution in [1.82, 2.24) is 19.7 Å². The maximum atomic E-state index is 9.64. The van der Waals surface area contributed by atoms with Gasteiger partial charge in [0.1, 0.15) is 11.5 Å². The third-order valence-corrected chi connectivity index (χ3v) is 3.77. The van der Waals surface area contributed by atoms with E-state index in [2.05, 4.69) is 31.8 Å². The SMILES string of the molecule is Cn1cnc(C#Cc2cnc(Cl)cc2N2CCC(O)CC2)n1. The van der Waals surface area contributed by atoms with Gasteiger partial charge in [-0.15, -0.1) is 5.10 Å². The summed E-state index contributed by atoms with van der Waals surface area (Å²) in [5.74, 6) is 6.47. The fourth-order valence-corrected chi connectivity index (χ4v) is 2.56. The van der Waals surface area contributed by atoms with Gasteiger partial charge in [0.15, 0.2) is 0 Å². The number of aryl methyl sites for hydroxylation is 1. The second-order valence-corrected chi connectivity index (χ2v) is 5.62. The zero-order valence-corrected chi connectivity index (χ0v) is 13.0. The highest BCUT2D eigenvalue weighted by Crippen LogP contribution is 2.25. The average molecular weight is 318 g/mol. The molecule has 114 valence electrons. The second-order valence-electron chi connectivity index (χ2n) is 5.23. The summed E-state index contributed by atoms with van der Waals surface area (Å²) in [6.07, 6.45) is 4.54. The van der Waals surface area contributed by atoms with Gasteiger partial charge in [-0.25, -0.2) is 9.97 Å². The van der Waals surface area contributed by atoms with Gasteiger partial charge >= 0.3 is 0 Å². The number of hydrogen-bond acceptors (Lipinski definition) is 5. The number of aliphatic hydroxyl groups is 1. The lowest BCUT2D eigenvalue weighted by Gasteiger charge is -2.32. The van der Waals surface area contributed by atoms with Crippen LogP contribution in [0, 0.1) is 11.8 Å². The Bertz CT molecular complexity index is 725. The first-order valence-electron chi connectivity index (χ1n) is 7.08. The van der Waals surface area contributed by atoms with E-state index in [4.69, 9.17) is 11.6 Å². The summed E-state index contributed by atoms with van der Waals surface area (Å²) in [6, 6.07) is 1.81. The molecule has 0 spiro atoms. The summed E-state index contributed by atoms with van der Waals surface area (Å²) in [6.45, 7) is 1.55. The molecule has 0 saturated carbocycles. The highest BCUT2D eigenvalue weighted by Gasteiger charge is 2.19. The first-order chi connectivity index (χ1) is 10.6. The van der Waals surface area contributed by atoms with Crippen LogP contribution >= 0.6 is 11.6 Å². The molecule has 3 rings (SSSR count). The summed E-state index contributed by atoms with van der Waals surface area (Å²) in [5.41, 5.74) is 1.73. The van der Waals surface area contributed by atoms with Crippen molar-refractivity contribution >= 4 is 17.3 Å². The Balaban J connectivity index is 1.89. The van der Waals surface area contributed by atoms with E-state index >= 15 is 0 Å². The molecule has 7 heteroatoms. The molecule has 1 fully saturated rings. The molecule has 6 nitrogen and oxygen atoms in total. The molecule has 3 heterocycles. The predicted octanol–water partition coefficient (Wildman–Crippen LogP) is 1.22. The van der Waals surface area contributed by atoms with Crippen LogP contribution in [0.5, 0.6) is 0 Å². The molecule has 0 radical (unpaired) electrons. The Morgan fingerprint density at radius 3 is 2.73 bits per heavy atom. The van der Waals surface area contributed by atoms with Gasteiger partial charge in [-0.05, 0) is 18.8 Å². The van der Waals surface area contributed by atoms with E-state index in [0.717, 1.165) is 37.2 Å². The molecule has 0 bridgehead atoms. The van der Waals surface area contributed by atoms with Crippen LogP contribution in [0.2, 0.25) is 5.15 Å². The molecule has 2 aromatic heterocycles. The zero-order chi connectivity index (χ0) is 15.5. The first-order valence-corrected chi connectivity index (χ1v) is 7.46. The van der Waals surface area contributed by atoms with Crippen LogP contribution < -0.4 is 4.90 Å². The zero-order valence-electron chi connectivity index (χ0n) is 12.2. The van der Waals surface area contributed by atoms with Gasteiger partial charge in [0.2, 0.25) is 5.82 Å². The van der Waals surface area contributed by atoms with Crippen molar-refractivity contribution in [3.63, 3.8) is 0 Å². The Kier molecular flexibility index (Phi) is 4.27. The minimum absolute atomic E-state index is 0.221. The van der Waals surface area contributed by atoms with Gasteiger partial charge in [-0.3, -0.25) is 4.68 Å². The fourth-order valence-electron chi connectivity index (χ4n) is 2.40. The third kappa shape index (κ3) is 3.38. The van der Waals surface area contributed by atoms with Gasteiger partial charge < -0.3 is 10.0 Å². The molecule has 2 aromatic rings. The number of anilines is 1. The van der Waals surface area contributed by atoms with E-state index in [9.17, 15) is 5.11 Å². The minimum atomic E-state index is -0.221. The van der Waals surface area contributed by atoms with Gasteiger partial charge in [0, 0.05) is 32.4 Å². The Labute approximate surface area is 133 Å². The van der Waals surface area contributed by atoms with E-state index in [1.54, 1.807) is 24.3 Å². The molecule has 0 amide bonds. The lowest BCUT2D eigenvalue weighted by Crippen LogP contribution is -2.36. The number of pyridine rings is 1. The minimum Gasteiger partial charge on any atom is -0.393 e. The number of aliphatic hydroxyl groups excluding tert-OH is 1. The Hall–Kier alpha value is -2.10. The summed E-state index contributed by atoms with van der Waals surface area (Å²) < 4.78 is 1.61. The highest BCUT2D eigenvalue weighted by molar-refractivity contribution is 6.29. The van der Waals surface area contributed by atoms with Crippen molar-refractivity contribution in [1.29, 1.82) is 0 Å². The molecule has 0 unspecified atom stereocenters. The lowest BCUT2D eigenvalue weighted by molar-refractivity contribution is 0.145. The lowest BCUT2D eigenvalue weighted by atomic mass is 10.1. The van der Waals surface area contributed by atoms with Gasteiger partial charge in [0.25, 0.3) is 0 Å². The summed E-state index contributed by atoms with van der Waals surface area (Å²) in [7, 11) is 1.80. The largest absolute Gasteiger partial charge is 0.393 e. The van der Waals surface area contributed by atoms with E-state index in [1.165, 1.54) is 0 Å². The van der Waals surface area contributed by atoms with Crippen molar-refractivity contribution in [2.45, 2.75) is 18.9 Å². The highest BCUT2D eigenvalue weighted by atomic mass is 35.5. The maximum absolute atomic E-state index is 9.64. The first kappa shape index (κ1) is 14.8. The van der Waals surface area contributed by atoms with Crippen LogP contribution in [0.3, 0.4) is 0 Å². The van der Waals surface area contributed by atoms with E-state index < -0.39 is 0 Å². The van der Waals surface area contributed by atoms with Gasteiger partial charge in [-0.1, -0.05) is 17.5 Å². The van der Waals surface area contributed by atoms with E-state index in [1.807, 2.05) is 6.07 Å². The average Bonchev–Trinajstić information content (AvgIpc) is 2.92. The molecule has 1 saturated heterocycles. The van der Waals surface area contributed by atoms with Gasteiger partial charge in [-0.2, -0.15) is 0 Å². The van der Waals surface area contributed by atoms with Crippen molar-refractivity contribution < 1.29 is 5.11 Å². The maximum Gasteiger partial charge on any atom is 0.225 e. The van der Waals surface area contributed by atoms with Crippen molar-refractivity contribution in [3.8, 4) is 11.8 Å². The fraction of sp³-hybridized carbons (Fsp3) is 0.400. The van der Waals surface area contributed by atoms with Crippen LogP contribution in [0.15, 0.2) is 18.6 Å². The van der Waals surface area contributed by atoms with Crippen LogP contribution in [-0.4, -0.2) is 44.0 Å². The smallest absolute Gasteiger partial charge is 0.225 e. The monoisotopic (exact) mass is 317 g/mol. The summed E-state index contributed by atoms with van der Waals surface area (Å²) >= 11 is 6.02. The Morgan fingerprint density at radius 1 is 1.27 bits per heavy atom. The van der Waals surface area contributed by atoms with E-state index in [0.29, 0.717) is 11.0 Å². The van der Waals surface area contributed by atoms with Crippen molar-refractivity contribution in [2.24, 2.45) is 7.05 Å². The van der Waals surface area contributed by atoms with Crippen LogP contribution in [0.1, 0.15) is 24.2 Å². The molecule has 0 atom stereocenters. The van der Waals surface area contributed by atoms with E-state index in [-0.39, 0.29) is 6.10 Å². The molecule has 1 aliphatic heterocycles. The molecule has 1 N–H and O–H groups in total. The number of rotatable bonds is 1. The number of hydrogen-bond donors (Lipinski definition) is 1. The third-order valence-electron chi connectivity index (χ3n) is 3.56. The van der Waals surface area contributed by atoms with Gasteiger partial charge in [0.05, 0.1) is 17.4 Å². The number of aromatic nitrogens is 4. The Morgan fingerprint density at radius 2 is 2.05 bits per heavy atom. The molecular formula is C15H16ClN5O. The summed E-state index contributed by atoms with van der Waals surface area (Å²) in [5, 5.41) is 14.2. The van der Waals surface area contributed by atoms with Crippen LogP contribution in [0.4, 0.5) is 5.69 Å². The topological polar surface area (TPSA) is 67.1 Å². The van der Waals surface area contributed by atoms with Crippen LogP contribution in [0.25, 0.3) is 0 Å². The summed E-state index contributed by atoms with van der Waals surface area (Å²) in [4.78, 5) is 10.4. The molecule has 1 aliphatic rings. The van der Waals surface area contributed by atoms with Crippen LogP contribution in [-0.2, 0) is 7.05 Å². The standard InChI is InChI=1S/C15H16ClN5O/c1-20-10-18-15(19-20)3-2-11-9-17-14(16)8-13(11)21-6-4-12(22)5-7-21/h8-10,12,22H,4-7H2,1H3. The predicted molar refractivity (Wildman–Crippen MR) is 83.7 cm³/mol. The number of halogens is 1. The van der Waals surface area contributed by atoms with Crippen molar-refractivity contribution in [2.75, 3.05) is 18.0 Å². The molecule has 22 heavy (non-hydrogen) atoms. The quantitative estimate of drug-likeness (QED) is 0.633. The number of nitrogens with zero attached hydrogens (tertiary/aromatic N) is 5.